The van der Waals surface area contributed by atoms with Crippen LogP contribution in [0.4, 0.5) is 0 Å². The van der Waals surface area contributed by atoms with Gasteiger partial charge in [0.2, 0.25) is 10.0 Å². The molecule has 0 heterocycles. The third-order valence-corrected chi connectivity index (χ3v) is 3.92. The van der Waals surface area contributed by atoms with Gasteiger partial charge < -0.3 is 11.1 Å². The van der Waals surface area contributed by atoms with Gasteiger partial charge in [0.15, 0.2) is 5.96 Å². The summed E-state index contributed by atoms with van der Waals surface area (Å²) in [5.41, 5.74) is 5.82. The largest absolute Gasteiger partial charge is 0.370 e. The normalized spacial score (nSPS) is 18.1. The number of aliphatic imine (C=N–C) groups is 1. The number of halogens is 1. The molecule has 1 fully saturated rings. The minimum Gasteiger partial charge on any atom is -0.370 e. The molecule has 0 radical (unpaired) electrons. The number of sulfonamides is 1. The van der Waals surface area contributed by atoms with E-state index in [9.17, 15) is 8.42 Å². The van der Waals surface area contributed by atoms with Crippen LogP contribution in [0.2, 0.25) is 0 Å². The summed E-state index contributed by atoms with van der Waals surface area (Å²) in [5, 5.41) is 3.26. The average Bonchev–Trinajstić information content (AvgIpc) is 2.55. The highest BCUT2D eigenvalue weighted by atomic mass is 127. The SMILES string of the molecule is CS(=O)(=O)NCCCN=C(N)NC1CCCCCC1.I. The fourth-order valence-electron chi connectivity index (χ4n) is 2.21. The summed E-state index contributed by atoms with van der Waals surface area (Å²) in [6.07, 6.45) is 9.25. The number of guanidine groups is 1. The first-order chi connectivity index (χ1) is 8.97. The van der Waals surface area contributed by atoms with Crippen LogP contribution in [0.1, 0.15) is 44.9 Å². The van der Waals surface area contributed by atoms with E-state index >= 15 is 0 Å². The molecule has 0 amide bonds. The van der Waals surface area contributed by atoms with Crippen molar-refractivity contribution in [3.63, 3.8) is 0 Å². The molecule has 1 aliphatic carbocycles. The van der Waals surface area contributed by atoms with Gasteiger partial charge in [0, 0.05) is 19.1 Å². The molecule has 0 atom stereocenters. The van der Waals surface area contributed by atoms with Gasteiger partial charge in [0.1, 0.15) is 0 Å². The lowest BCUT2D eigenvalue weighted by Crippen LogP contribution is -2.40. The van der Waals surface area contributed by atoms with E-state index in [1.807, 2.05) is 0 Å². The zero-order valence-electron chi connectivity index (χ0n) is 12.1. The number of rotatable bonds is 6. The third-order valence-electron chi connectivity index (χ3n) is 3.19. The van der Waals surface area contributed by atoms with Gasteiger partial charge in [-0.15, -0.1) is 24.0 Å². The molecule has 1 aliphatic rings. The van der Waals surface area contributed by atoms with Gasteiger partial charge in [-0.1, -0.05) is 25.7 Å². The molecule has 0 aromatic heterocycles. The quantitative estimate of drug-likeness (QED) is 0.198. The fourth-order valence-corrected chi connectivity index (χ4v) is 2.73. The predicted octanol–water partition coefficient (Wildman–Crippen LogP) is 1.17. The lowest BCUT2D eigenvalue weighted by Gasteiger charge is -2.16. The van der Waals surface area contributed by atoms with Crippen molar-refractivity contribution in [2.24, 2.45) is 10.7 Å². The fraction of sp³-hybridized carbons (Fsp3) is 0.917. The number of hydrogen-bond donors (Lipinski definition) is 3. The van der Waals surface area contributed by atoms with Crippen LogP contribution in [-0.2, 0) is 10.0 Å². The summed E-state index contributed by atoms with van der Waals surface area (Å²) in [5.74, 6) is 0.478. The van der Waals surface area contributed by atoms with E-state index in [1.54, 1.807) is 0 Å². The standard InChI is InChI=1S/C12H26N4O2S.HI/c1-19(17,18)15-10-6-9-14-12(13)16-11-7-4-2-3-5-8-11;/h11,15H,2-10H2,1H3,(H3,13,14,16);1H. The molecule has 0 aliphatic heterocycles. The molecular weight excluding hydrogens is 391 g/mol. The van der Waals surface area contributed by atoms with Crippen molar-refractivity contribution >= 4 is 40.0 Å². The maximum absolute atomic E-state index is 10.8. The smallest absolute Gasteiger partial charge is 0.208 e. The van der Waals surface area contributed by atoms with E-state index in [4.69, 9.17) is 5.73 Å². The monoisotopic (exact) mass is 418 g/mol. The first kappa shape index (κ1) is 19.9. The van der Waals surface area contributed by atoms with Crippen molar-refractivity contribution in [2.45, 2.75) is 51.0 Å². The molecule has 1 saturated carbocycles. The minimum absolute atomic E-state index is 0. The Bertz CT molecular complexity index is 379. The lowest BCUT2D eigenvalue weighted by atomic mass is 10.1. The van der Waals surface area contributed by atoms with E-state index in [1.165, 1.54) is 25.7 Å². The van der Waals surface area contributed by atoms with Crippen molar-refractivity contribution in [3.8, 4) is 0 Å². The topological polar surface area (TPSA) is 96.6 Å². The van der Waals surface area contributed by atoms with E-state index < -0.39 is 10.0 Å². The lowest BCUT2D eigenvalue weighted by molar-refractivity contribution is 0.530. The predicted molar refractivity (Wildman–Crippen MR) is 94.0 cm³/mol. The van der Waals surface area contributed by atoms with Gasteiger partial charge in [0.05, 0.1) is 6.26 Å². The van der Waals surface area contributed by atoms with Crippen molar-refractivity contribution < 1.29 is 8.42 Å². The maximum atomic E-state index is 10.8. The van der Waals surface area contributed by atoms with Crippen molar-refractivity contribution in [1.82, 2.24) is 10.0 Å². The maximum Gasteiger partial charge on any atom is 0.208 e. The van der Waals surface area contributed by atoms with Crippen LogP contribution < -0.4 is 15.8 Å². The number of nitrogens with two attached hydrogens (primary N) is 1. The number of hydrogen-bond acceptors (Lipinski definition) is 3. The van der Waals surface area contributed by atoms with Crippen LogP contribution in [0.25, 0.3) is 0 Å². The highest BCUT2D eigenvalue weighted by Crippen LogP contribution is 2.16. The number of nitrogens with zero attached hydrogens (tertiary/aromatic N) is 1. The van der Waals surface area contributed by atoms with E-state index in [0.29, 0.717) is 31.5 Å². The average molecular weight is 418 g/mol. The number of nitrogens with one attached hydrogen (secondary N) is 2. The molecule has 4 N–H and O–H groups in total. The Balaban J connectivity index is 0.00000361. The molecule has 0 aromatic rings. The summed E-state index contributed by atoms with van der Waals surface area (Å²) in [7, 11) is -3.10. The second-order valence-electron chi connectivity index (χ2n) is 5.12. The summed E-state index contributed by atoms with van der Waals surface area (Å²) in [4.78, 5) is 4.22. The zero-order chi connectivity index (χ0) is 14.1. The first-order valence-electron chi connectivity index (χ1n) is 6.98. The molecule has 0 unspecified atom stereocenters. The molecule has 8 heteroatoms. The minimum atomic E-state index is -3.10. The Morgan fingerprint density at radius 3 is 2.40 bits per heavy atom. The van der Waals surface area contributed by atoms with Gasteiger partial charge in [-0.25, -0.2) is 13.1 Å². The Hall–Kier alpha value is -0.0900. The molecule has 120 valence electrons. The Labute approximate surface area is 139 Å². The molecule has 0 aromatic carbocycles. The summed E-state index contributed by atoms with van der Waals surface area (Å²) in [6.45, 7) is 0.938. The summed E-state index contributed by atoms with van der Waals surface area (Å²) in [6, 6.07) is 0.445. The molecule has 0 spiro atoms. The molecule has 6 nitrogen and oxygen atoms in total. The van der Waals surface area contributed by atoms with Gasteiger partial charge in [-0.05, 0) is 19.3 Å². The van der Waals surface area contributed by atoms with Crippen LogP contribution in [0.15, 0.2) is 4.99 Å². The summed E-state index contributed by atoms with van der Waals surface area (Å²) < 4.78 is 24.1. The van der Waals surface area contributed by atoms with Crippen LogP contribution in [0.5, 0.6) is 0 Å². The van der Waals surface area contributed by atoms with E-state index in [0.717, 1.165) is 19.1 Å². The highest BCUT2D eigenvalue weighted by molar-refractivity contribution is 14.0. The second-order valence-corrected chi connectivity index (χ2v) is 6.95. The van der Waals surface area contributed by atoms with E-state index in [-0.39, 0.29) is 24.0 Å². The van der Waals surface area contributed by atoms with Crippen LogP contribution in [-0.4, -0.2) is 39.8 Å². The molecule has 1 rings (SSSR count). The highest BCUT2D eigenvalue weighted by Gasteiger charge is 2.11. The Morgan fingerprint density at radius 2 is 1.85 bits per heavy atom. The van der Waals surface area contributed by atoms with Gasteiger partial charge in [-0.3, -0.25) is 4.99 Å². The zero-order valence-corrected chi connectivity index (χ0v) is 15.2. The third kappa shape index (κ3) is 10.7. The molecule has 0 saturated heterocycles. The van der Waals surface area contributed by atoms with Gasteiger partial charge >= 0.3 is 0 Å². The van der Waals surface area contributed by atoms with E-state index in [2.05, 4.69) is 15.0 Å². The van der Waals surface area contributed by atoms with Crippen molar-refractivity contribution in [3.05, 3.63) is 0 Å². The Kier molecular flexibility index (Phi) is 10.6. The van der Waals surface area contributed by atoms with Crippen LogP contribution in [0, 0.1) is 0 Å². The van der Waals surface area contributed by atoms with Crippen molar-refractivity contribution in [2.75, 3.05) is 19.3 Å². The van der Waals surface area contributed by atoms with Crippen molar-refractivity contribution in [1.29, 1.82) is 0 Å². The first-order valence-corrected chi connectivity index (χ1v) is 8.87. The van der Waals surface area contributed by atoms with Gasteiger partial charge in [0.25, 0.3) is 0 Å². The summed E-state index contributed by atoms with van der Waals surface area (Å²) >= 11 is 0. The molecular formula is C12H27IN4O2S. The van der Waals surface area contributed by atoms with Crippen LogP contribution in [0.3, 0.4) is 0 Å². The Morgan fingerprint density at radius 1 is 1.25 bits per heavy atom. The second kappa shape index (κ2) is 10.6. The van der Waals surface area contributed by atoms with Crippen LogP contribution >= 0.6 is 24.0 Å². The van der Waals surface area contributed by atoms with Gasteiger partial charge in [-0.2, -0.15) is 0 Å². The molecule has 0 bridgehead atoms. The molecule has 20 heavy (non-hydrogen) atoms.